The van der Waals surface area contributed by atoms with Crippen LogP contribution < -0.4 is 5.32 Å². The highest BCUT2D eigenvalue weighted by molar-refractivity contribution is 6.42. The van der Waals surface area contributed by atoms with Crippen molar-refractivity contribution in [1.29, 1.82) is 0 Å². The van der Waals surface area contributed by atoms with Gasteiger partial charge in [-0.05, 0) is 37.6 Å². The standard InChI is InChI=1S/C20H18Cl2N4O3/c1-3-29-20(28)14-7-8-16(24-12(14)2)19(27)25-17-9-10-23-26(17)11-13-5-4-6-15(21)18(13)22/h4-10H,3,11H2,1-2H3,(H,25,27). The van der Waals surface area contributed by atoms with E-state index in [4.69, 9.17) is 27.9 Å². The van der Waals surface area contributed by atoms with Crippen molar-refractivity contribution in [3.8, 4) is 0 Å². The fraction of sp³-hybridized carbons (Fsp3) is 0.200. The molecule has 1 amide bonds. The molecule has 2 aromatic heterocycles. The first kappa shape index (κ1) is 20.8. The van der Waals surface area contributed by atoms with Crippen molar-refractivity contribution in [2.75, 3.05) is 11.9 Å². The van der Waals surface area contributed by atoms with Gasteiger partial charge in [0.15, 0.2) is 0 Å². The molecule has 9 heteroatoms. The summed E-state index contributed by atoms with van der Waals surface area (Å²) in [6, 6.07) is 9.99. The van der Waals surface area contributed by atoms with Gasteiger partial charge < -0.3 is 10.1 Å². The first-order valence-corrected chi connectivity index (χ1v) is 9.57. The lowest BCUT2D eigenvalue weighted by atomic mass is 10.2. The second-order valence-electron chi connectivity index (χ2n) is 6.09. The van der Waals surface area contributed by atoms with Gasteiger partial charge in [-0.15, -0.1) is 0 Å². The van der Waals surface area contributed by atoms with E-state index in [9.17, 15) is 9.59 Å². The number of nitrogens with one attached hydrogen (secondary N) is 1. The Balaban J connectivity index is 1.77. The van der Waals surface area contributed by atoms with Crippen LogP contribution in [0.3, 0.4) is 0 Å². The number of hydrogen-bond acceptors (Lipinski definition) is 5. The van der Waals surface area contributed by atoms with Gasteiger partial charge in [0.25, 0.3) is 5.91 Å². The van der Waals surface area contributed by atoms with Crippen LogP contribution in [0.5, 0.6) is 0 Å². The average molecular weight is 433 g/mol. The van der Waals surface area contributed by atoms with Crippen LogP contribution in [0.2, 0.25) is 10.0 Å². The number of pyridine rings is 1. The van der Waals surface area contributed by atoms with Crippen molar-refractivity contribution in [2.24, 2.45) is 0 Å². The van der Waals surface area contributed by atoms with Gasteiger partial charge in [0.1, 0.15) is 11.5 Å². The number of amides is 1. The van der Waals surface area contributed by atoms with Crippen molar-refractivity contribution < 1.29 is 14.3 Å². The molecule has 29 heavy (non-hydrogen) atoms. The van der Waals surface area contributed by atoms with Crippen LogP contribution in [0.15, 0.2) is 42.6 Å². The van der Waals surface area contributed by atoms with Crippen LogP contribution in [0.25, 0.3) is 0 Å². The monoisotopic (exact) mass is 432 g/mol. The maximum absolute atomic E-state index is 12.6. The minimum atomic E-state index is -0.471. The lowest BCUT2D eigenvalue weighted by molar-refractivity contribution is 0.0524. The van der Waals surface area contributed by atoms with Crippen LogP contribution in [0.1, 0.15) is 39.0 Å². The third-order valence-electron chi connectivity index (χ3n) is 4.12. The zero-order valence-corrected chi connectivity index (χ0v) is 17.3. The summed E-state index contributed by atoms with van der Waals surface area (Å²) in [5, 5.41) is 7.88. The van der Waals surface area contributed by atoms with E-state index in [0.717, 1.165) is 5.56 Å². The number of aryl methyl sites for hydroxylation is 1. The van der Waals surface area contributed by atoms with Gasteiger partial charge >= 0.3 is 5.97 Å². The number of aromatic nitrogens is 3. The van der Waals surface area contributed by atoms with Crippen molar-refractivity contribution in [3.05, 3.63) is 75.2 Å². The molecule has 0 radical (unpaired) electrons. The van der Waals surface area contributed by atoms with Crippen molar-refractivity contribution in [3.63, 3.8) is 0 Å². The highest BCUT2D eigenvalue weighted by atomic mass is 35.5. The van der Waals surface area contributed by atoms with Crippen LogP contribution in [-0.2, 0) is 11.3 Å². The molecule has 3 rings (SSSR count). The van der Waals surface area contributed by atoms with Crippen LogP contribution in [-0.4, -0.2) is 33.2 Å². The molecule has 0 saturated heterocycles. The molecule has 0 unspecified atom stereocenters. The Morgan fingerprint density at radius 1 is 1.17 bits per heavy atom. The predicted octanol–water partition coefficient (Wildman–Crippen LogP) is 4.37. The number of carbonyl (C=O) groups is 2. The molecule has 7 nitrogen and oxygen atoms in total. The Labute approximate surface area is 177 Å². The number of anilines is 1. The Hall–Kier alpha value is -2.90. The van der Waals surface area contributed by atoms with Crippen molar-refractivity contribution >= 4 is 40.9 Å². The summed E-state index contributed by atoms with van der Waals surface area (Å²) in [7, 11) is 0. The smallest absolute Gasteiger partial charge is 0.339 e. The van der Waals surface area contributed by atoms with Gasteiger partial charge in [0.05, 0.1) is 40.7 Å². The van der Waals surface area contributed by atoms with E-state index >= 15 is 0 Å². The first-order valence-electron chi connectivity index (χ1n) is 8.81. The molecular formula is C20H18Cl2N4O3. The van der Waals surface area contributed by atoms with Crippen molar-refractivity contribution in [1.82, 2.24) is 14.8 Å². The molecule has 0 aliphatic heterocycles. The molecule has 150 valence electrons. The maximum Gasteiger partial charge on any atom is 0.339 e. The number of hydrogen-bond donors (Lipinski definition) is 1. The molecule has 0 spiro atoms. The lowest BCUT2D eigenvalue weighted by Crippen LogP contribution is -2.18. The summed E-state index contributed by atoms with van der Waals surface area (Å²) < 4.78 is 6.57. The highest BCUT2D eigenvalue weighted by Crippen LogP contribution is 2.26. The second kappa shape index (κ2) is 9.07. The molecule has 1 aromatic carbocycles. The average Bonchev–Trinajstić information content (AvgIpc) is 3.12. The molecule has 2 heterocycles. The van der Waals surface area contributed by atoms with Crippen LogP contribution >= 0.6 is 23.2 Å². The van der Waals surface area contributed by atoms with E-state index in [-0.39, 0.29) is 12.3 Å². The van der Waals surface area contributed by atoms with E-state index < -0.39 is 11.9 Å². The molecule has 0 saturated carbocycles. The van der Waals surface area contributed by atoms with Crippen molar-refractivity contribution in [2.45, 2.75) is 20.4 Å². The SMILES string of the molecule is CCOC(=O)c1ccc(C(=O)Nc2ccnn2Cc2cccc(Cl)c2Cl)nc1C. The van der Waals surface area contributed by atoms with Gasteiger partial charge in [-0.3, -0.25) is 4.79 Å². The van der Waals surface area contributed by atoms with Gasteiger partial charge in [-0.1, -0.05) is 35.3 Å². The fourth-order valence-electron chi connectivity index (χ4n) is 2.69. The highest BCUT2D eigenvalue weighted by Gasteiger charge is 2.16. The molecule has 3 aromatic rings. The Kier molecular flexibility index (Phi) is 6.51. The third-order valence-corrected chi connectivity index (χ3v) is 4.98. The summed E-state index contributed by atoms with van der Waals surface area (Å²) >= 11 is 12.3. The Bertz CT molecular complexity index is 1070. The molecule has 0 aliphatic rings. The number of carbonyl (C=O) groups excluding carboxylic acids is 2. The largest absolute Gasteiger partial charge is 0.462 e. The number of ether oxygens (including phenoxy) is 1. The third kappa shape index (κ3) is 4.75. The molecule has 0 atom stereocenters. The van der Waals surface area contributed by atoms with E-state index in [2.05, 4.69) is 15.4 Å². The van der Waals surface area contributed by atoms with Gasteiger partial charge in [-0.25, -0.2) is 14.5 Å². The number of nitrogens with zero attached hydrogens (tertiary/aromatic N) is 3. The summed E-state index contributed by atoms with van der Waals surface area (Å²) in [5.74, 6) is -0.427. The maximum atomic E-state index is 12.6. The van der Waals surface area contributed by atoms with Crippen LogP contribution in [0, 0.1) is 6.92 Å². The minimum Gasteiger partial charge on any atom is -0.462 e. The van der Waals surface area contributed by atoms with E-state index in [0.29, 0.717) is 33.7 Å². The number of halogens is 2. The van der Waals surface area contributed by atoms with E-state index in [1.165, 1.54) is 12.1 Å². The molecule has 0 aliphatic carbocycles. The molecule has 0 bridgehead atoms. The van der Waals surface area contributed by atoms with E-state index in [1.54, 1.807) is 42.9 Å². The Morgan fingerprint density at radius 2 is 1.97 bits per heavy atom. The molecule has 0 fully saturated rings. The molecule has 1 N–H and O–H groups in total. The topological polar surface area (TPSA) is 86.1 Å². The minimum absolute atomic E-state index is 0.170. The summed E-state index contributed by atoms with van der Waals surface area (Å²) in [4.78, 5) is 28.7. The predicted molar refractivity (Wildman–Crippen MR) is 111 cm³/mol. The Morgan fingerprint density at radius 3 is 2.69 bits per heavy atom. The van der Waals surface area contributed by atoms with Gasteiger partial charge in [0, 0.05) is 6.07 Å². The van der Waals surface area contributed by atoms with Gasteiger partial charge in [0.2, 0.25) is 0 Å². The van der Waals surface area contributed by atoms with E-state index in [1.807, 2.05) is 6.07 Å². The molecular weight excluding hydrogens is 415 g/mol. The van der Waals surface area contributed by atoms with Crippen LogP contribution in [0.4, 0.5) is 5.82 Å². The zero-order valence-electron chi connectivity index (χ0n) is 15.8. The fourth-order valence-corrected chi connectivity index (χ4v) is 3.07. The number of rotatable bonds is 6. The summed E-state index contributed by atoms with van der Waals surface area (Å²) in [5.41, 5.74) is 1.68. The normalized spacial score (nSPS) is 10.6. The number of esters is 1. The number of benzene rings is 1. The summed E-state index contributed by atoms with van der Waals surface area (Å²) in [6.07, 6.45) is 1.57. The summed E-state index contributed by atoms with van der Waals surface area (Å²) in [6.45, 7) is 3.97. The van der Waals surface area contributed by atoms with Gasteiger partial charge in [-0.2, -0.15) is 5.10 Å². The first-order chi connectivity index (χ1) is 13.9. The second-order valence-corrected chi connectivity index (χ2v) is 6.88. The zero-order chi connectivity index (χ0) is 21.0. The quantitative estimate of drug-likeness (QED) is 0.584. The lowest BCUT2D eigenvalue weighted by Gasteiger charge is -2.11.